The third-order valence-electron chi connectivity index (χ3n) is 6.05. The van der Waals surface area contributed by atoms with Gasteiger partial charge in [0.25, 0.3) is 5.91 Å². The van der Waals surface area contributed by atoms with Gasteiger partial charge < -0.3 is 25.4 Å². The lowest BCUT2D eigenvalue weighted by Crippen LogP contribution is -2.45. The molecule has 4 rings (SSSR count). The van der Waals surface area contributed by atoms with E-state index >= 15 is 0 Å². The van der Waals surface area contributed by atoms with Crippen molar-refractivity contribution in [3.05, 3.63) is 90.0 Å². The Bertz CT molecular complexity index is 1130. The molecule has 3 aromatic carbocycles. The molecule has 3 N–H and O–H groups in total. The van der Waals surface area contributed by atoms with E-state index in [1.54, 1.807) is 24.3 Å². The summed E-state index contributed by atoms with van der Waals surface area (Å²) >= 11 is 0. The van der Waals surface area contributed by atoms with E-state index in [1.807, 2.05) is 30.3 Å². The average molecular weight is 489 g/mol. The van der Waals surface area contributed by atoms with E-state index in [9.17, 15) is 9.59 Å². The topological polar surface area (TPSA) is 94.1 Å². The van der Waals surface area contributed by atoms with E-state index in [2.05, 4.69) is 44.7 Å². The van der Waals surface area contributed by atoms with E-state index in [-0.39, 0.29) is 6.61 Å². The molecule has 1 aliphatic rings. The Balaban J connectivity index is 1.22. The van der Waals surface area contributed by atoms with Crippen LogP contribution < -0.4 is 15.5 Å². The molecule has 3 aromatic rings. The summed E-state index contributed by atoms with van der Waals surface area (Å²) in [6.07, 6.45) is 0. The van der Waals surface area contributed by atoms with E-state index in [0.717, 1.165) is 38.4 Å². The molecule has 8 nitrogen and oxygen atoms in total. The molecule has 0 aliphatic carbocycles. The van der Waals surface area contributed by atoms with Gasteiger partial charge in [-0.15, -0.1) is 0 Å². The number of ether oxygens (including phenoxy) is 1. The number of carbonyl (C=O) groups excluding carboxylic acids is 2. The van der Waals surface area contributed by atoms with Gasteiger partial charge in [-0.1, -0.05) is 42.5 Å². The number of benzene rings is 3. The van der Waals surface area contributed by atoms with Gasteiger partial charge in [0.1, 0.15) is 0 Å². The normalized spacial score (nSPS) is 13.8. The minimum atomic E-state index is -0.604. The van der Waals surface area contributed by atoms with Crippen LogP contribution in [-0.4, -0.2) is 67.8 Å². The first-order valence-electron chi connectivity index (χ1n) is 12.1. The molecule has 1 aliphatic heterocycles. The van der Waals surface area contributed by atoms with Gasteiger partial charge in [0.05, 0.1) is 12.2 Å². The Morgan fingerprint density at radius 2 is 1.56 bits per heavy atom. The van der Waals surface area contributed by atoms with Crippen LogP contribution in [0.5, 0.6) is 0 Å². The van der Waals surface area contributed by atoms with E-state index < -0.39 is 18.5 Å². The lowest BCUT2D eigenvalue weighted by Gasteiger charge is -2.36. The van der Waals surface area contributed by atoms with Crippen LogP contribution in [0.2, 0.25) is 0 Å². The maximum absolute atomic E-state index is 12.4. The highest BCUT2D eigenvalue weighted by Gasteiger charge is 2.18. The molecule has 1 fully saturated rings. The van der Waals surface area contributed by atoms with Crippen molar-refractivity contribution >= 4 is 28.9 Å². The smallest absolute Gasteiger partial charge is 0.340 e. The molecule has 1 amide bonds. The van der Waals surface area contributed by atoms with Crippen LogP contribution in [0.4, 0.5) is 17.1 Å². The zero-order valence-corrected chi connectivity index (χ0v) is 20.2. The number of hydrogen-bond acceptors (Lipinski definition) is 7. The highest BCUT2D eigenvalue weighted by atomic mass is 16.5. The molecule has 1 saturated heterocycles. The van der Waals surface area contributed by atoms with Crippen LogP contribution in [0.25, 0.3) is 0 Å². The zero-order valence-electron chi connectivity index (χ0n) is 20.2. The van der Waals surface area contributed by atoms with Gasteiger partial charge in [-0.05, 0) is 42.0 Å². The van der Waals surface area contributed by atoms with Crippen molar-refractivity contribution in [2.24, 2.45) is 0 Å². The molecule has 0 spiro atoms. The predicted octanol–water partition coefficient (Wildman–Crippen LogP) is 3.21. The fourth-order valence-corrected chi connectivity index (χ4v) is 4.17. The van der Waals surface area contributed by atoms with Crippen molar-refractivity contribution in [3.8, 4) is 0 Å². The number of carbonyl (C=O) groups is 2. The Hall–Kier alpha value is -3.88. The van der Waals surface area contributed by atoms with Crippen LogP contribution in [0.1, 0.15) is 15.9 Å². The van der Waals surface area contributed by atoms with Crippen molar-refractivity contribution < 1.29 is 19.4 Å². The number of anilines is 3. The molecule has 8 heteroatoms. The first-order valence-corrected chi connectivity index (χ1v) is 12.1. The maximum atomic E-state index is 12.4. The minimum Gasteiger partial charge on any atom is -0.452 e. The fraction of sp³-hybridized carbons (Fsp3) is 0.286. The van der Waals surface area contributed by atoms with Gasteiger partial charge in [0.15, 0.2) is 6.61 Å². The molecule has 1 heterocycles. The summed E-state index contributed by atoms with van der Waals surface area (Å²) in [5.41, 5.74) is 3.96. The van der Waals surface area contributed by atoms with Crippen LogP contribution in [0.15, 0.2) is 78.9 Å². The molecule has 0 atom stereocenters. The molecule has 0 radical (unpaired) electrons. The highest BCUT2D eigenvalue weighted by molar-refractivity contribution is 5.98. The molecular formula is C28H32N4O4. The predicted molar refractivity (Wildman–Crippen MR) is 141 cm³/mol. The van der Waals surface area contributed by atoms with Gasteiger partial charge in [-0.3, -0.25) is 9.69 Å². The van der Waals surface area contributed by atoms with Crippen molar-refractivity contribution in [1.82, 2.24) is 4.90 Å². The van der Waals surface area contributed by atoms with Crippen LogP contribution in [0.3, 0.4) is 0 Å². The second-order valence-electron chi connectivity index (χ2n) is 8.62. The fourth-order valence-electron chi connectivity index (χ4n) is 4.17. The molecule has 0 saturated carbocycles. The summed E-state index contributed by atoms with van der Waals surface area (Å²) in [7, 11) is 0. The van der Waals surface area contributed by atoms with E-state index in [0.29, 0.717) is 23.5 Å². The second kappa shape index (κ2) is 12.7. The van der Waals surface area contributed by atoms with Crippen LogP contribution in [0, 0.1) is 0 Å². The Morgan fingerprint density at radius 3 is 2.28 bits per heavy atom. The maximum Gasteiger partial charge on any atom is 0.340 e. The monoisotopic (exact) mass is 488 g/mol. The van der Waals surface area contributed by atoms with Gasteiger partial charge in [0, 0.05) is 56.3 Å². The molecule has 0 bridgehead atoms. The summed E-state index contributed by atoms with van der Waals surface area (Å²) < 4.78 is 5.19. The number of nitrogens with zero attached hydrogens (tertiary/aromatic N) is 2. The first kappa shape index (κ1) is 25.2. The number of esters is 1. The number of rotatable bonds is 10. The van der Waals surface area contributed by atoms with Crippen molar-refractivity contribution in [1.29, 1.82) is 0 Å². The number of hydrogen-bond donors (Lipinski definition) is 3. The first-order chi connectivity index (χ1) is 17.6. The number of nitrogens with one attached hydrogen (secondary N) is 2. The number of amides is 1. The lowest BCUT2D eigenvalue weighted by atomic mass is 10.2. The number of aliphatic hydroxyl groups excluding tert-OH is 1. The largest absolute Gasteiger partial charge is 0.452 e. The minimum absolute atomic E-state index is 0.0605. The van der Waals surface area contributed by atoms with Crippen molar-refractivity contribution in [2.75, 3.05) is 61.5 Å². The molecule has 0 aromatic heterocycles. The summed E-state index contributed by atoms with van der Waals surface area (Å²) in [6.45, 7) is 4.72. The Labute approximate surface area is 211 Å². The second-order valence-corrected chi connectivity index (χ2v) is 8.62. The van der Waals surface area contributed by atoms with Crippen molar-refractivity contribution in [2.45, 2.75) is 6.54 Å². The van der Waals surface area contributed by atoms with Gasteiger partial charge >= 0.3 is 5.97 Å². The van der Waals surface area contributed by atoms with Crippen LogP contribution in [-0.2, 0) is 16.1 Å². The Morgan fingerprint density at radius 1 is 0.861 bits per heavy atom. The highest BCUT2D eigenvalue weighted by Crippen LogP contribution is 2.20. The van der Waals surface area contributed by atoms with Gasteiger partial charge in [0.2, 0.25) is 0 Å². The van der Waals surface area contributed by atoms with Crippen molar-refractivity contribution in [3.63, 3.8) is 0 Å². The third-order valence-corrected chi connectivity index (χ3v) is 6.05. The summed E-state index contributed by atoms with van der Waals surface area (Å²) in [5, 5.41) is 14.7. The number of para-hydroxylation sites is 1. The quantitative estimate of drug-likeness (QED) is 0.377. The van der Waals surface area contributed by atoms with Gasteiger partial charge in [-0.2, -0.15) is 0 Å². The van der Waals surface area contributed by atoms with E-state index in [4.69, 9.17) is 9.84 Å². The SMILES string of the molecule is O=C(COC(=O)c1ccccc1NCCO)Nc1ccc(N2CCN(Cc3ccccc3)CC2)cc1. The molecule has 188 valence electrons. The summed E-state index contributed by atoms with van der Waals surface area (Å²) in [5.74, 6) is -1.01. The molecule has 0 unspecified atom stereocenters. The average Bonchev–Trinajstić information content (AvgIpc) is 2.92. The summed E-state index contributed by atoms with van der Waals surface area (Å²) in [4.78, 5) is 29.5. The van der Waals surface area contributed by atoms with Gasteiger partial charge in [-0.25, -0.2) is 4.79 Å². The number of piperazine rings is 1. The molecule has 36 heavy (non-hydrogen) atoms. The standard InChI is InChI=1S/C28H32N4O4/c33-19-14-29-26-9-5-4-8-25(26)28(35)36-21-27(34)30-23-10-12-24(13-11-23)32-17-15-31(16-18-32)20-22-6-2-1-3-7-22/h1-13,29,33H,14-21H2,(H,30,34). The molecular weight excluding hydrogens is 456 g/mol. The third kappa shape index (κ3) is 7.07. The van der Waals surface area contributed by atoms with E-state index in [1.165, 1.54) is 5.56 Å². The number of aliphatic hydroxyl groups is 1. The zero-order chi connectivity index (χ0) is 25.2. The summed E-state index contributed by atoms with van der Waals surface area (Å²) in [6, 6.07) is 25.1. The van der Waals surface area contributed by atoms with Crippen LogP contribution >= 0.6 is 0 Å². The Kier molecular flexibility index (Phi) is 8.91. The lowest BCUT2D eigenvalue weighted by molar-refractivity contribution is -0.119.